The second kappa shape index (κ2) is 6.38. The van der Waals surface area contributed by atoms with Crippen molar-refractivity contribution in [3.8, 4) is 11.8 Å². The molecule has 0 bridgehead atoms. The molecule has 0 saturated heterocycles. The van der Waals surface area contributed by atoms with Gasteiger partial charge in [-0.1, -0.05) is 11.8 Å². The maximum absolute atomic E-state index is 13.7. The van der Waals surface area contributed by atoms with Crippen LogP contribution in [-0.4, -0.2) is 26.3 Å². The van der Waals surface area contributed by atoms with Crippen LogP contribution < -0.4 is 0 Å². The zero-order chi connectivity index (χ0) is 18.9. The summed E-state index contributed by atoms with van der Waals surface area (Å²) in [5.41, 5.74) is 0.0213. The summed E-state index contributed by atoms with van der Waals surface area (Å²) in [5.74, 6) is 1.04. The molecule has 0 saturated carbocycles. The number of alkyl halides is 5. The molecule has 0 unspecified atom stereocenters. The fraction of sp³-hybridized carbons (Fsp3) is 0.176. The second-order valence-electron chi connectivity index (χ2n) is 5.36. The van der Waals surface area contributed by atoms with Crippen LogP contribution >= 0.6 is 0 Å². The Kier molecular flexibility index (Phi) is 4.38. The Bertz CT molecular complexity index is 997. The SMILES string of the molecule is OCC(F)(F)c1nnc2ccc(C#Cc3ccc(C(F)(F)F)cc3)cn12. The summed E-state index contributed by atoms with van der Waals surface area (Å²) in [5, 5.41) is 15.8. The van der Waals surface area contributed by atoms with Gasteiger partial charge in [-0.3, -0.25) is 4.40 Å². The number of hydrogen-bond donors (Lipinski definition) is 1. The zero-order valence-corrected chi connectivity index (χ0v) is 12.9. The Morgan fingerprint density at radius 3 is 2.12 bits per heavy atom. The van der Waals surface area contributed by atoms with Gasteiger partial charge in [-0.25, -0.2) is 0 Å². The minimum absolute atomic E-state index is 0.146. The summed E-state index contributed by atoms with van der Waals surface area (Å²) < 4.78 is 65.9. The molecule has 0 radical (unpaired) electrons. The molecule has 0 aliphatic heterocycles. The van der Waals surface area contributed by atoms with Gasteiger partial charge in [0.2, 0.25) is 5.82 Å². The summed E-state index contributed by atoms with van der Waals surface area (Å²) in [6, 6.07) is 7.19. The molecule has 9 heteroatoms. The number of hydrogen-bond acceptors (Lipinski definition) is 3. The van der Waals surface area contributed by atoms with Gasteiger partial charge in [0.05, 0.1) is 5.56 Å². The summed E-state index contributed by atoms with van der Waals surface area (Å²) in [7, 11) is 0. The lowest BCUT2D eigenvalue weighted by Gasteiger charge is -2.10. The van der Waals surface area contributed by atoms with Gasteiger partial charge in [-0.15, -0.1) is 10.2 Å². The van der Waals surface area contributed by atoms with Crippen molar-refractivity contribution >= 4 is 5.65 Å². The molecule has 3 rings (SSSR count). The molecule has 2 heterocycles. The van der Waals surface area contributed by atoms with E-state index in [-0.39, 0.29) is 5.65 Å². The summed E-state index contributed by atoms with van der Waals surface area (Å²) in [6.07, 6.45) is -3.16. The van der Waals surface area contributed by atoms with Crippen molar-refractivity contribution in [1.82, 2.24) is 14.6 Å². The number of aromatic nitrogens is 3. The van der Waals surface area contributed by atoms with Crippen molar-refractivity contribution in [2.24, 2.45) is 0 Å². The third kappa shape index (κ3) is 3.50. The quantitative estimate of drug-likeness (QED) is 0.559. The van der Waals surface area contributed by atoms with Crippen molar-refractivity contribution in [3.63, 3.8) is 0 Å². The fourth-order valence-corrected chi connectivity index (χ4v) is 2.17. The van der Waals surface area contributed by atoms with E-state index in [9.17, 15) is 22.0 Å². The van der Waals surface area contributed by atoms with Crippen molar-refractivity contribution in [2.45, 2.75) is 12.1 Å². The van der Waals surface area contributed by atoms with Crippen LogP contribution in [0.25, 0.3) is 5.65 Å². The van der Waals surface area contributed by atoms with Gasteiger partial charge in [0.1, 0.15) is 6.61 Å². The van der Waals surface area contributed by atoms with Crippen LogP contribution in [0.15, 0.2) is 42.6 Å². The molecule has 0 amide bonds. The fourth-order valence-electron chi connectivity index (χ4n) is 2.17. The molecule has 0 aliphatic rings. The highest BCUT2D eigenvalue weighted by molar-refractivity contribution is 5.47. The normalized spacial score (nSPS) is 12.1. The molecule has 26 heavy (non-hydrogen) atoms. The standard InChI is InChI=1S/C17H10F5N3O/c18-16(19,10-26)15-24-23-14-8-5-12(9-25(14)15)2-1-11-3-6-13(7-4-11)17(20,21)22/h3-9,26H,10H2. The van der Waals surface area contributed by atoms with E-state index < -0.39 is 30.1 Å². The molecule has 0 aliphatic carbocycles. The first kappa shape index (κ1) is 17.8. The Morgan fingerprint density at radius 1 is 0.885 bits per heavy atom. The maximum atomic E-state index is 13.7. The highest BCUT2D eigenvalue weighted by Gasteiger charge is 2.36. The molecule has 2 aromatic heterocycles. The molecular weight excluding hydrogens is 357 g/mol. The van der Waals surface area contributed by atoms with E-state index >= 15 is 0 Å². The van der Waals surface area contributed by atoms with Gasteiger partial charge in [0, 0.05) is 17.3 Å². The zero-order valence-electron chi connectivity index (χ0n) is 12.9. The topological polar surface area (TPSA) is 50.4 Å². The lowest BCUT2D eigenvalue weighted by molar-refractivity contribution is -0.137. The Labute approximate surface area is 143 Å². The van der Waals surface area contributed by atoms with Crippen LogP contribution in [-0.2, 0) is 12.1 Å². The lowest BCUT2D eigenvalue weighted by Crippen LogP contribution is -2.22. The first-order valence-corrected chi connectivity index (χ1v) is 7.24. The summed E-state index contributed by atoms with van der Waals surface area (Å²) >= 11 is 0. The molecular formula is C17H10F5N3O. The van der Waals surface area contributed by atoms with E-state index in [1.165, 1.54) is 30.5 Å². The summed E-state index contributed by atoms with van der Waals surface area (Å²) in [4.78, 5) is 0. The molecule has 0 fully saturated rings. The molecule has 1 N–H and O–H groups in total. The molecule has 4 nitrogen and oxygen atoms in total. The van der Waals surface area contributed by atoms with E-state index in [4.69, 9.17) is 5.11 Å². The smallest absolute Gasteiger partial charge is 0.390 e. The van der Waals surface area contributed by atoms with Crippen LogP contribution in [0.1, 0.15) is 22.5 Å². The van der Waals surface area contributed by atoms with Crippen LogP contribution in [0.3, 0.4) is 0 Å². The van der Waals surface area contributed by atoms with Crippen LogP contribution in [0, 0.1) is 11.8 Å². The van der Waals surface area contributed by atoms with Crippen molar-refractivity contribution in [3.05, 3.63) is 65.1 Å². The summed E-state index contributed by atoms with van der Waals surface area (Å²) in [6.45, 7) is -1.42. The number of aliphatic hydroxyl groups is 1. The van der Waals surface area contributed by atoms with E-state index in [0.29, 0.717) is 11.1 Å². The highest BCUT2D eigenvalue weighted by Crippen LogP contribution is 2.29. The molecule has 3 aromatic rings. The predicted molar refractivity (Wildman–Crippen MR) is 81.4 cm³/mol. The Balaban J connectivity index is 1.93. The number of rotatable bonds is 2. The number of pyridine rings is 1. The van der Waals surface area contributed by atoms with E-state index in [1.807, 2.05) is 0 Å². The number of benzene rings is 1. The van der Waals surface area contributed by atoms with E-state index in [1.54, 1.807) is 0 Å². The number of aliphatic hydroxyl groups excluding tert-OH is 1. The lowest BCUT2D eigenvalue weighted by atomic mass is 10.1. The molecule has 134 valence electrons. The molecule has 0 atom stereocenters. The number of halogens is 5. The molecule has 1 aromatic carbocycles. The van der Waals surface area contributed by atoms with Crippen LogP contribution in [0.2, 0.25) is 0 Å². The van der Waals surface area contributed by atoms with E-state index in [0.717, 1.165) is 16.5 Å². The van der Waals surface area contributed by atoms with Gasteiger partial charge in [-0.05, 0) is 36.4 Å². The van der Waals surface area contributed by atoms with Crippen molar-refractivity contribution < 1.29 is 27.1 Å². The Hall–Kier alpha value is -2.99. The monoisotopic (exact) mass is 367 g/mol. The average Bonchev–Trinajstić information content (AvgIpc) is 3.03. The van der Waals surface area contributed by atoms with Gasteiger partial charge < -0.3 is 5.11 Å². The van der Waals surface area contributed by atoms with Gasteiger partial charge in [-0.2, -0.15) is 22.0 Å². The number of fused-ring (bicyclic) bond motifs is 1. The van der Waals surface area contributed by atoms with Gasteiger partial charge in [0.25, 0.3) is 0 Å². The van der Waals surface area contributed by atoms with Crippen LogP contribution in [0.4, 0.5) is 22.0 Å². The minimum atomic E-state index is -4.43. The first-order valence-electron chi connectivity index (χ1n) is 7.24. The highest BCUT2D eigenvalue weighted by atomic mass is 19.4. The maximum Gasteiger partial charge on any atom is 0.416 e. The average molecular weight is 367 g/mol. The van der Waals surface area contributed by atoms with Crippen molar-refractivity contribution in [2.75, 3.05) is 6.61 Å². The van der Waals surface area contributed by atoms with E-state index in [2.05, 4.69) is 22.0 Å². The van der Waals surface area contributed by atoms with Crippen molar-refractivity contribution in [1.29, 1.82) is 0 Å². The minimum Gasteiger partial charge on any atom is -0.390 e. The Morgan fingerprint density at radius 2 is 1.50 bits per heavy atom. The number of nitrogens with zero attached hydrogens (tertiary/aromatic N) is 3. The third-order valence-corrected chi connectivity index (χ3v) is 3.49. The predicted octanol–water partition coefficient (Wildman–Crippen LogP) is 3.23. The van der Waals surface area contributed by atoms with Gasteiger partial charge >= 0.3 is 12.1 Å². The third-order valence-electron chi connectivity index (χ3n) is 3.49. The second-order valence-corrected chi connectivity index (χ2v) is 5.36. The largest absolute Gasteiger partial charge is 0.416 e. The molecule has 0 spiro atoms. The van der Waals surface area contributed by atoms with Gasteiger partial charge in [0.15, 0.2) is 5.65 Å². The first-order chi connectivity index (χ1) is 12.2. The van der Waals surface area contributed by atoms with Crippen LogP contribution in [0.5, 0.6) is 0 Å².